The van der Waals surface area contributed by atoms with Crippen LogP contribution in [-0.2, 0) is 11.3 Å². The summed E-state index contributed by atoms with van der Waals surface area (Å²) in [4.78, 5) is 14.1. The number of carbonyl (C=O) groups excluding carboxylic acids is 1. The molecule has 0 unspecified atom stereocenters. The second-order valence-corrected chi connectivity index (χ2v) is 7.47. The summed E-state index contributed by atoms with van der Waals surface area (Å²) < 4.78 is 0. The molecule has 1 aromatic heterocycles. The summed E-state index contributed by atoms with van der Waals surface area (Å²) in [5.41, 5.74) is 4.74. The van der Waals surface area contributed by atoms with Gasteiger partial charge in [0.2, 0.25) is 5.91 Å². The van der Waals surface area contributed by atoms with Crippen LogP contribution in [0, 0.1) is 0 Å². The van der Waals surface area contributed by atoms with Crippen LogP contribution < -0.4 is 4.90 Å². The molecule has 6 heteroatoms. The normalized spacial score (nSPS) is 11.3. The second kappa shape index (κ2) is 7.41. The molecular formula is C17H22ClN3OS. The van der Waals surface area contributed by atoms with Crippen molar-refractivity contribution in [3.05, 3.63) is 38.8 Å². The number of hydrogen-bond acceptors (Lipinski definition) is 4. The summed E-state index contributed by atoms with van der Waals surface area (Å²) in [6.45, 7) is 10.4. The molecule has 0 atom stereocenters. The molecule has 0 saturated heterocycles. The lowest BCUT2D eigenvalue weighted by molar-refractivity contribution is -0.116. The molecule has 2 rings (SSSR count). The third-order valence-corrected chi connectivity index (χ3v) is 4.76. The summed E-state index contributed by atoms with van der Waals surface area (Å²) in [7, 11) is 0. The van der Waals surface area contributed by atoms with E-state index in [9.17, 15) is 4.79 Å². The average Bonchev–Trinajstić information content (AvgIpc) is 2.96. The van der Waals surface area contributed by atoms with Crippen LogP contribution in [-0.4, -0.2) is 16.1 Å². The highest BCUT2D eigenvalue weighted by Gasteiger charge is 2.25. The maximum absolute atomic E-state index is 12.4. The minimum atomic E-state index is -0.0220. The van der Waals surface area contributed by atoms with Gasteiger partial charge in [0.05, 0.1) is 12.2 Å². The maximum atomic E-state index is 12.4. The number of amides is 1. The number of anilines is 1. The Labute approximate surface area is 146 Å². The lowest BCUT2D eigenvalue weighted by Crippen LogP contribution is -2.30. The maximum Gasteiger partial charge on any atom is 0.224 e. The zero-order valence-corrected chi connectivity index (χ0v) is 15.7. The van der Waals surface area contributed by atoms with E-state index in [0.29, 0.717) is 11.6 Å². The van der Waals surface area contributed by atoms with Gasteiger partial charge in [-0.05, 0) is 29.0 Å². The molecule has 0 fully saturated rings. The highest BCUT2D eigenvalue weighted by molar-refractivity contribution is 7.09. The van der Waals surface area contributed by atoms with Crippen LogP contribution in [0.3, 0.4) is 0 Å². The smallest absolute Gasteiger partial charge is 0.224 e. The van der Waals surface area contributed by atoms with E-state index in [1.807, 2.05) is 12.1 Å². The molecule has 0 bridgehead atoms. The van der Waals surface area contributed by atoms with Crippen molar-refractivity contribution >= 4 is 34.5 Å². The second-order valence-electron chi connectivity index (χ2n) is 6.15. The number of hydrogen-bond donors (Lipinski definition) is 0. The monoisotopic (exact) mass is 351 g/mol. The Morgan fingerprint density at radius 3 is 2.43 bits per heavy atom. The highest BCUT2D eigenvalue weighted by atomic mass is 35.5. The fourth-order valence-electron chi connectivity index (χ4n) is 2.66. The predicted molar refractivity (Wildman–Crippen MR) is 96.4 cm³/mol. The zero-order chi connectivity index (χ0) is 17.1. The molecular weight excluding hydrogens is 330 g/mol. The van der Waals surface area contributed by atoms with E-state index in [0.717, 1.165) is 21.8 Å². The van der Waals surface area contributed by atoms with Crippen LogP contribution in [0.4, 0.5) is 5.69 Å². The molecule has 1 amide bonds. The zero-order valence-electron chi connectivity index (χ0n) is 14.1. The molecule has 1 aromatic carbocycles. The van der Waals surface area contributed by atoms with Crippen LogP contribution in [0.1, 0.15) is 62.6 Å². The molecule has 0 aliphatic rings. The first-order valence-electron chi connectivity index (χ1n) is 7.68. The predicted octanol–water partition coefficient (Wildman–Crippen LogP) is 4.99. The molecule has 0 saturated carbocycles. The van der Waals surface area contributed by atoms with E-state index in [1.54, 1.807) is 17.3 Å². The van der Waals surface area contributed by atoms with Gasteiger partial charge < -0.3 is 4.90 Å². The minimum absolute atomic E-state index is 0.0220. The number of benzene rings is 1. The number of nitrogens with zero attached hydrogens (tertiary/aromatic N) is 3. The number of carbonyl (C=O) groups is 1. The van der Waals surface area contributed by atoms with Crippen molar-refractivity contribution in [3.63, 3.8) is 0 Å². The lowest BCUT2D eigenvalue weighted by atomic mass is 9.91. The molecule has 0 spiro atoms. The SMILES string of the molecule is CC(=O)N(Cc1nncs1)c1c(C(C)C)ccc(Cl)c1C(C)C. The van der Waals surface area contributed by atoms with Gasteiger partial charge in [0, 0.05) is 11.9 Å². The van der Waals surface area contributed by atoms with Crippen molar-refractivity contribution < 1.29 is 4.79 Å². The first kappa shape index (κ1) is 17.9. The van der Waals surface area contributed by atoms with Crippen LogP contribution >= 0.6 is 22.9 Å². The van der Waals surface area contributed by atoms with Crippen molar-refractivity contribution in [2.24, 2.45) is 0 Å². The fraction of sp³-hybridized carbons (Fsp3) is 0.471. The van der Waals surface area contributed by atoms with Gasteiger partial charge in [0.25, 0.3) is 0 Å². The van der Waals surface area contributed by atoms with Gasteiger partial charge in [-0.2, -0.15) is 0 Å². The Morgan fingerprint density at radius 2 is 1.96 bits per heavy atom. The Balaban J connectivity index is 2.64. The highest BCUT2D eigenvalue weighted by Crippen LogP contribution is 2.40. The molecule has 0 N–H and O–H groups in total. The van der Waals surface area contributed by atoms with Crippen molar-refractivity contribution in [3.8, 4) is 0 Å². The molecule has 4 nitrogen and oxygen atoms in total. The van der Waals surface area contributed by atoms with Crippen LogP contribution in [0.2, 0.25) is 5.02 Å². The van der Waals surface area contributed by atoms with Gasteiger partial charge in [-0.15, -0.1) is 21.5 Å². The van der Waals surface area contributed by atoms with E-state index in [1.165, 1.54) is 11.3 Å². The van der Waals surface area contributed by atoms with Crippen molar-refractivity contribution in [2.45, 2.75) is 53.0 Å². The summed E-state index contributed by atoms with van der Waals surface area (Å²) in [6, 6.07) is 3.95. The van der Waals surface area contributed by atoms with E-state index in [-0.39, 0.29) is 17.7 Å². The number of halogens is 1. The Hall–Kier alpha value is -1.46. The molecule has 0 aliphatic heterocycles. The lowest BCUT2D eigenvalue weighted by Gasteiger charge is -2.29. The minimum Gasteiger partial charge on any atom is -0.305 e. The topological polar surface area (TPSA) is 46.1 Å². The molecule has 124 valence electrons. The van der Waals surface area contributed by atoms with E-state index in [4.69, 9.17) is 11.6 Å². The molecule has 1 heterocycles. The van der Waals surface area contributed by atoms with Gasteiger partial charge in [-0.3, -0.25) is 4.79 Å². The first-order valence-corrected chi connectivity index (χ1v) is 8.94. The molecule has 2 aromatic rings. The number of rotatable bonds is 5. The van der Waals surface area contributed by atoms with Crippen molar-refractivity contribution in [2.75, 3.05) is 4.90 Å². The first-order chi connectivity index (χ1) is 10.8. The third-order valence-electron chi connectivity index (χ3n) is 3.74. The largest absolute Gasteiger partial charge is 0.305 e. The third kappa shape index (κ3) is 3.90. The number of aromatic nitrogens is 2. The molecule has 23 heavy (non-hydrogen) atoms. The van der Waals surface area contributed by atoms with Gasteiger partial charge in [0.1, 0.15) is 10.5 Å². The van der Waals surface area contributed by atoms with E-state index in [2.05, 4.69) is 37.9 Å². The van der Waals surface area contributed by atoms with Crippen LogP contribution in [0.5, 0.6) is 0 Å². The standard InChI is InChI=1S/C17H22ClN3OS/c1-10(2)13-6-7-14(18)16(11(3)4)17(13)21(12(5)22)8-15-20-19-9-23-15/h6-7,9-11H,8H2,1-5H3. The summed E-state index contributed by atoms with van der Waals surface area (Å²) in [6.07, 6.45) is 0. The Morgan fingerprint density at radius 1 is 1.26 bits per heavy atom. The van der Waals surface area contributed by atoms with Crippen LogP contribution in [0.15, 0.2) is 17.6 Å². The summed E-state index contributed by atoms with van der Waals surface area (Å²) in [5.74, 6) is 0.481. The van der Waals surface area contributed by atoms with E-state index < -0.39 is 0 Å². The fourth-order valence-corrected chi connectivity index (χ4v) is 3.55. The Kier molecular flexibility index (Phi) is 5.76. The van der Waals surface area contributed by atoms with Gasteiger partial charge in [-0.25, -0.2) is 0 Å². The van der Waals surface area contributed by atoms with Crippen molar-refractivity contribution in [1.82, 2.24) is 10.2 Å². The van der Waals surface area contributed by atoms with E-state index >= 15 is 0 Å². The average molecular weight is 352 g/mol. The quantitative estimate of drug-likeness (QED) is 0.762. The van der Waals surface area contributed by atoms with Crippen LogP contribution in [0.25, 0.3) is 0 Å². The van der Waals surface area contributed by atoms with Gasteiger partial charge in [0.15, 0.2) is 0 Å². The molecule has 0 aliphatic carbocycles. The van der Waals surface area contributed by atoms with Gasteiger partial charge >= 0.3 is 0 Å². The molecule has 0 radical (unpaired) electrons. The summed E-state index contributed by atoms with van der Waals surface area (Å²) in [5, 5.41) is 9.45. The van der Waals surface area contributed by atoms with Crippen molar-refractivity contribution in [1.29, 1.82) is 0 Å². The summed E-state index contributed by atoms with van der Waals surface area (Å²) >= 11 is 7.92. The Bertz CT molecular complexity index is 683. The van der Waals surface area contributed by atoms with Gasteiger partial charge in [-0.1, -0.05) is 45.4 Å².